The number of nitrogens with one attached hydrogen (secondary N) is 1. The van der Waals surface area contributed by atoms with Gasteiger partial charge in [-0.1, -0.05) is 6.42 Å². The normalized spacial score (nSPS) is 44.6. The summed E-state index contributed by atoms with van der Waals surface area (Å²) in [6.07, 6.45) is 14.5. The molecule has 5 aliphatic carbocycles. The first kappa shape index (κ1) is 15.2. The van der Waals surface area contributed by atoms with Crippen molar-refractivity contribution >= 4 is 0 Å². The van der Waals surface area contributed by atoms with Crippen LogP contribution in [-0.4, -0.2) is 22.6 Å². The topological polar surface area (TPSA) is 47.1 Å². The summed E-state index contributed by atoms with van der Waals surface area (Å²) < 4.78 is 12.6. The molecule has 1 spiro atoms. The minimum atomic E-state index is -0.297. The Morgan fingerprint density at radius 2 is 1.64 bits per heavy atom. The quantitative estimate of drug-likeness (QED) is 0.852. The number of rotatable bonds is 2. The van der Waals surface area contributed by atoms with Crippen molar-refractivity contribution in [1.82, 2.24) is 10.2 Å². The Bertz CT molecular complexity index is 625. The van der Waals surface area contributed by atoms with E-state index in [9.17, 15) is 0 Å². The SMILES string of the molecule is c1c(C23CC4CC(CC(C4)C2)C3)n[nH]c1C1COC2(CCCCC2)O1. The average Bonchev–Trinajstić information content (AvgIpc) is 3.22. The Kier molecular flexibility index (Phi) is 3.24. The van der Waals surface area contributed by atoms with E-state index in [2.05, 4.69) is 11.2 Å². The maximum absolute atomic E-state index is 6.41. The van der Waals surface area contributed by atoms with Crippen molar-refractivity contribution in [2.45, 2.75) is 87.9 Å². The second kappa shape index (κ2) is 5.32. The Morgan fingerprint density at radius 3 is 2.32 bits per heavy atom. The van der Waals surface area contributed by atoms with E-state index in [1.165, 1.54) is 63.5 Å². The summed E-state index contributed by atoms with van der Waals surface area (Å²) >= 11 is 0. The molecule has 4 bridgehead atoms. The van der Waals surface area contributed by atoms with Crippen LogP contribution in [0.15, 0.2) is 6.07 Å². The Labute approximate surface area is 150 Å². The van der Waals surface area contributed by atoms with Crippen molar-refractivity contribution in [2.24, 2.45) is 17.8 Å². The lowest BCUT2D eigenvalue weighted by molar-refractivity contribution is -0.188. The maximum atomic E-state index is 6.41. The van der Waals surface area contributed by atoms with E-state index in [1.54, 1.807) is 0 Å². The fourth-order valence-corrected chi connectivity index (χ4v) is 7.26. The molecule has 0 aromatic carbocycles. The number of ether oxygens (including phenoxy) is 2. The molecule has 1 N–H and O–H groups in total. The van der Waals surface area contributed by atoms with E-state index >= 15 is 0 Å². The van der Waals surface area contributed by atoms with E-state index < -0.39 is 0 Å². The smallest absolute Gasteiger partial charge is 0.169 e. The lowest BCUT2D eigenvalue weighted by Crippen LogP contribution is -2.48. The monoisotopic (exact) mass is 342 g/mol. The largest absolute Gasteiger partial charge is 0.347 e. The van der Waals surface area contributed by atoms with Crippen LogP contribution in [0.5, 0.6) is 0 Å². The van der Waals surface area contributed by atoms with Crippen LogP contribution >= 0.6 is 0 Å². The average molecular weight is 342 g/mol. The van der Waals surface area contributed by atoms with E-state index in [-0.39, 0.29) is 11.9 Å². The third-order valence-corrected chi connectivity index (χ3v) is 8.00. The second-order valence-electron chi connectivity index (χ2n) is 9.80. The molecule has 7 rings (SSSR count). The van der Waals surface area contributed by atoms with Crippen molar-refractivity contribution in [3.8, 4) is 0 Å². The van der Waals surface area contributed by atoms with Gasteiger partial charge in [-0.05, 0) is 75.2 Å². The van der Waals surface area contributed by atoms with Crippen LogP contribution in [0.4, 0.5) is 0 Å². The first-order chi connectivity index (χ1) is 12.2. The summed E-state index contributed by atoms with van der Waals surface area (Å²) in [5.74, 6) is 2.59. The molecule has 25 heavy (non-hydrogen) atoms. The van der Waals surface area contributed by atoms with E-state index in [0.29, 0.717) is 12.0 Å². The zero-order valence-electron chi connectivity index (χ0n) is 15.1. The molecule has 1 saturated heterocycles. The highest BCUT2D eigenvalue weighted by atomic mass is 16.7. The molecule has 2 heterocycles. The number of aromatic amines is 1. The number of aromatic nitrogens is 2. The predicted octanol–water partition coefficient (Wildman–Crippen LogP) is 4.63. The molecule has 6 fully saturated rings. The van der Waals surface area contributed by atoms with Gasteiger partial charge in [-0.2, -0.15) is 5.10 Å². The molecule has 6 aliphatic rings. The number of hydrogen-bond acceptors (Lipinski definition) is 3. The molecule has 4 nitrogen and oxygen atoms in total. The summed E-state index contributed by atoms with van der Waals surface area (Å²) in [5.41, 5.74) is 2.84. The highest BCUT2D eigenvalue weighted by Gasteiger charge is 2.53. The summed E-state index contributed by atoms with van der Waals surface area (Å²) in [4.78, 5) is 0. The van der Waals surface area contributed by atoms with Crippen molar-refractivity contribution in [3.05, 3.63) is 17.5 Å². The molecule has 136 valence electrons. The van der Waals surface area contributed by atoms with Crippen LogP contribution in [0.3, 0.4) is 0 Å². The molecule has 0 amide bonds. The molecule has 1 aromatic rings. The third-order valence-electron chi connectivity index (χ3n) is 8.00. The van der Waals surface area contributed by atoms with Gasteiger partial charge in [0.05, 0.1) is 18.0 Å². The van der Waals surface area contributed by atoms with E-state index in [1.807, 2.05) is 0 Å². The zero-order valence-corrected chi connectivity index (χ0v) is 15.1. The van der Waals surface area contributed by atoms with Crippen LogP contribution in [0.1, 0.15) is 88.1 Å². The van der Waals surface area contributed by atoms with E-state index in [4.69, 9.17) is 14.6 Å². The number of nitrogens with zero attached hydrogens (tertiary/aromatic N) is 1. The summed E-state index contributed by atoms with van der Waals surface area (Å²) in [5, 5.41) is 8.16. The highest BCUT2D eigenvalue weighted by molar-refractivity contribution is 5.25. The van der Waals surface area contributed by atoms with Crippen molar-refractivity contribution < 1.29 is 9.47 Å². The predicted molar refractivity (Wildman–Crippen MR) is 94.0 cm³/mol. The number of H-pyrrole nitrogens is 1. The van der Waals surface area contributed by atoms with Crippen LogP contribution in [0, 0.1) is 17.8 Å². The Balaban J connectivity index is 1.24. The lowest BCUT2D eigenvalue weighted by Gasteiger charge is -2.56. The van der Waals surface area contributed by atoms with Crippen LogP contribution < -0.4 is 0 Å². The van der Waals surface area contributed by atoms with Crippen LogP contribution in [0.2, 0.25) is 0 Å². The Hall–Kier alpha value is -0.870. The molecule has 1 aromatic heterocycles. The maximum Gasteiger partial charge on any atom is 0.169 e. The molecular formula is C21H30N2O2. The molecule has 0 radical (unpaired) electrons. The van der Waals surface area contributed by atoms with Gasteiger partial charge in [0.25, 0.3) is 0 Å². The minimum Gasteiger partial charge on any atom is -0.347 e. The Morgan fingerprint density at radius 1 is 0.960 bits per heavy atom. The van der Waals surface area contributed by atoms with Gasteiger partial charge in [0.15, 0.2) is 5.79 Å². The molecule has 5 saturated carbocycles. The second-order valence-corrected chi connectivity index (χ2v) is 9.80. The van der Waals surface area contributed by atoms with Gasteiger partial charge in [-0.25, -0.2) is 0 Å². The summed E-state index contributed by atoms with van der Waals surface area (Å²) in [6, 6.07) is 2.34. The fraction of sp³-hybridized carbons (Fsp3) is 0.857. The molecule has 1 unspecified atom stereocenters. The van der Waals surface area contributed by atoms with Gasteiger partial charge in [-0.3, -0.25) is 5.10 Å². The minimum absolute atomic E-state index is 0.0493. The molecule has 1 aliphatic heterocycles. The first-order valence-electron chi connectivity index (χ1n) is 10.6. The first-order valence-corrected chi connectivity index (χ1v) is 10.6. The number of hydrogen-bond donors (Lipinski definition) is 1. The fourth-order valence-electron chi connectivity index (χ4n) is 7.26. The standard InChI is InChI=1S/C21H30N2O2/c1-2-4-21(5-3-1)24-13-18(25-21)17-9-19(23-22-17)20-10-14-6-15(11-20)8-16(7-14)12-20/h9,14-16,18H,1-8,10-13H2,(H,22,23). The van der Waals surface area contributed by atoms with Gasteiger partial charge in [0, 0.05) is 18.3 Å². The highest BCUT2D eigenvalue weighted by Crippen LogP contribution is 2.60. The van der Waals surface area contributed by atoms with Crippen LogP contribution in [-0.2, 0) is 14.9 Å². The molecular weight excluding hydrogens is 312 g/mol. The lowest BCUT2D eigenvalue weighted by atomic mass is 9.49. The van der Waals surface area contributed by atoms with Gasteiger partial charge in [0.2, 0.25) is 0 Å². The van der Waals surface area contributed by atoms with Crippen LogP contribution in [0.25, 0.3) is 0 Å². The van der Waals surface area contributed by atoms with Crippen molar-refractivity contribution in [2.75, 3.05) is 6.61 Å². The molecule has 1 atom stereocenters. The van der Waals surface area contributed by atoms with Gasteiger partial charge in [0.1, 0.15) is 6.10 Å². The van der Waals surface area contributed by atoms with Crippen molar-refractivity contribution in [3.63, 3.8) is 0 Å². The van der Waals surface area contributed by atoms with Gasteiger partial charge < -0.3 is 9.47 Å². The van der Waals surface area contributed by atoms with Gasteiger partial charge >= 0.3 is 0 Å². The molecule has 4 heteroatoms. The van der Waals surface area contributed by atoms with Crippen molar-refractivity contribution in [1.29, 1.82) is 0 Å². The van der Waals surface area contributed by atoms with E-state index in [0.717, 1.165) is 36.3 Å². The zero-order chi connectivity index (χ0) is 16.5. The third kappa shape index (κ3) is 2.36. The summed E-state index contributed by atoms with van der Waals surface area (Å²) in [6.45, 7) is 0.683. The summed E-state index contributed by atoms with van der Waals surface area (Å²) in [7, 11) is 0. The van der Waals surface area contributed by atoms with Gasteiger partial charge in [-0.15, -0.1) is 0 Å².